The molecule has 0 unspecified atom stereocenters. The average Bonchev–Trinajstić information content (AvgIpc) is 3.01. The SMILES string of the molecule is CCCn1cnc2c(NCc3cccc(F)c3)nc(NCCO)nc21. The molecule has 0 saturated heterocycles. The Morgan fingerprint density at radius 1 is 1.24 bits per heavy atom. The maximum absolute atomic E-state index is 13.3. The zero-order valence-electron chi connectivity index (χ0n) is 14.0. The molecule has 7 nitrogen and oxygen atoms in total. The van der Waals surface area contributed by atoms with Gasteiger partial charge in [-0.3, -0.25) is 0 Å². The fourth-order valence-corrected chi connectivity index (χ4v) is 2.55. The van der Waals surface area contributed by atoms with Crippen molar-refractivity contribution in [2.75, 3.05) is 23.8 Å². The predicted molar refractivity (Wildman–Crippen MR) is 94.9 cm³/mol. The molecule has 0 aliphatic carbocycles. The van der Waals surface area contributed by atoms with E-state index in [4.69, 9.17) is 5.11 Å². The lowest BCUT2D eigenvalue weighted by Crippen LogP contribution is -2.11. The number of fused-ring (bicyclic) bond motifs is 1. The molecule has 1 aromatic carbocycles. The highest BCUT2D eigenvalue weighted by Gasteiger charge is 2.13. The van der Waals surface area contributed by atoms with E-state index in [0.29, 0.717) is 30.4 Å². The van der Waals surface area contributed by atoms with Crippen LogP contribution in [-0.2, 0) is 13.1 Å². The van der Waals surface area contributed by atoms with Gasteiger partial charge in [0.05, 0.1) is 12.9 Å². The Kier molecular flexibility index (Phi) is 5.39. The molecule has 0 fully saturated rings. The second kappa shape index (κ2) is 7.89. The van der Waals surface area contributed by atoms with Gasteiger partial charge in [-0.15, -0.1) is 0 Å². The zero-order chi connectivity index (χ0) is 17.6. The summed E-state index contributed by atoms with van der Waals surface area (Å²) in [6.07, 6.45) is 2.70. The van der Waals surface area contributed by atoms with Crippen molar-refractivity contribution in [3.05, 3.63) is 42.0 Å². The maximum Gasteiger partial charge on any atom is 0.226 e. The Bertz CT molecular complexity index is 850. The number of aryl methyl sites for hydroxylation is 1. The van der Waals surface area contributed by atoms with Crippen LogP contribution in [0, 0.1) is 5.82 Å². The van der Waals surface area contributed by atoms with Crippen molar-refractivity contribution in [1.82, 2.24) is 19.5 Å². The molecule has 0 amide bonds. The number of rotatable bonds is 8. The van der Waals surface area contributed by atoms with E-state index in [0.717, 1.165) is 24.2 Å². The minimum atomic E-state index is -0.273. The molecule has 3 rings (SSSR count). The summed E-state index contributed by atoms with van der Waals surface area (Å²) in [6, 6.07) is 6.41. The lowest BCUT2D eigenvalue weighted by Gasteiger charge is -2.10. The van der Waals surface area contributed by atoms with Crippen LogP contribution in [0.25, 0.3) is 11.2 Å². The fourth-order valence-electron chi connectivity index (χ4n) is 2.55. The van der Waals surface area contributed by atoms with Gasteiger partial charge >= 0.3 is 0 Å². The number of nitrogens with zero attached hydrogens (tertiary/aromatic N) is 4. The molecule has 0 atom stereocenters. The predicted octanol–water partition coefficient (Wildman–Crippen LogP) is 2.39. The van der Waals surface area contributed by atoms with Crippen molar-refractivity contribution in [3.8, 4) is 0 Å². The molecule has 0 aliphatic heterocycles. The summed E-state index contributed by atoms with van der Waals surface area (Å²) in [5.41, 5.74) is 2.20. The third-order valence-electron chi connectivity index (χ3n) is 3.67. The highest BCUT2D eigenvalue weighted by Crippen LogP contribution is 2.22. The van der Waals surface area contributed by atoms with Crippen molar-refractivity contribution < 1.29 is 9.50 Å². The van der Waals surface area contributed by atoms with Crippen LogP contribution in [-0.4, -0.2) is 37.8 Å². The average molecular weight is 344 g/mol. The van der Waals surface area contributed by atoms with Crippen LogP contribution in [0.15, 0.2) is 30.6 Å². The van der Waals surface area contributed by atoms with E-state index >= 15 is 0 Å². The standard InChI is InChI=1S/C17H21FN6O/c1-2-7-24-11-21-14-15(20-10-12-4-3-5-13(18)9-12)22-17(19-6-8-25)23-16(14)24/h3-5,9,11,25H,2,6-8,10H2,1H3,(H2,19,20,22,23). The highest BCUT2D eigenvalue weighted by atomic mass is 19.1. The number of aromatic nitrogens is 4. The molecule has 0 aliphatic rings. The molecule has 0 saturated carbocycles. The lowest BCUT2D eigenvalue weighted by molar-refractivity contribution is 0.311. The van der Waals surface area contributed by atoms with Crippen molar-refractivity contribution in [2.24, 2.45) is 0 Å². The van der Waals surface area contributed by atoms with E-state index in [2.05, 4.69) is 32.5 Å². The van der Waals surface area contributed by atoms with Crippen LogP contribution in [0.3, 0.4) is 0 Å². The minimum Gasteiger partial charge on any atom is -0.395 e. The van der Waals surface area contributed by atoms with E-state index in [1.165, 1.54) is 12.1 Å². The summed E-state index contributed by atoms with van der Waals surface area (Å²) in [6.45, 7) is 3.65. The van der Waals surface area contributed by atoms with Crippen molar-refractivity contribution in [1.29, 1.82) is 0 Å². The van der Waals surface area contributed by atoms with Gasteiger partial charge in [-0.25, -0.2) is 9.37 Å². The topological polar surface area (TPSA) is 87.9 Å². The summed E-state index contributed by atoms with van der Waals surface area (Å²) < 4.78 is 15.3. The van der Waals surface area contributed by atoms with Crippen LogP contribution in [0.1, 0.15) is 18.9 Å². The van der Waals surface area contributed by atoms with Crippen LogP contribution >= 0.6 is 0 Å². The van der Waals surface area contributed by atoms with Gasteiger partial charge in [0.1, 0.15) is 5.82 Å². The van der Waals surface area contributed by atoms with Crippen LogP contribution in [0.5, 0.6) is 0 Å². The Morgan fingerprint density at radius 2 is 2.12 bits per heavy atom. The highest BCUT2D eigenvalue weighted by molar-refractivity contribution is 5.84. The summed E-state index contributed by atoms with van der Waals surface area (Å²) in [5.74, 6) is 0.718. The molecule has 25 heavy (non-hydrogen) atoms. The third-order valence-corrected chi connectivity index (χ3v) is 3.67. The zero-order valence-corrected chi connectivity index (χ0v) is 14.0. The summed E-state index contributed by atoms with van der Waals surface area (Å²) in [5, 5.41) is 15.2. The van der Waals surface area contributed by atoms with E-state index in [1.807, 2.05) is 10.6 Å². The van der Waals surface area contributed by atoms with Gasteiger partial charge < -0.3 is 20.3 Å². The molecular formula is C17H21FN6O. The fraction of sp³-hybridized carbons (Fsp3) is 0.353. The van der Waals surface area contributed by atoms with Gasteiger partial charge in [0.25, 0.3) is 0 Å². The number of anilines is 2. The van der Waals surface area contributed by atoms with Gasteiger partial charge in [0, 0.05) is 19.6 Å². The number of aliphatic hydroxyl groups excluding tert-OH is 1. The second-order valence-corrected chi connectivity index (χ2v) is 5.64. The lowest BCUT2D eigenvalue weighted by atomic mass is 10.2. The molecule has 3 aromatic rings. The first-order valence-corrected chi connectivity index (χ1v) is 8.27. The Morgan fingerprint density at radius 3 is 2.88 bits per heavy atom. The minimum absolute atomic E-state index is 0.0122. The number of hydrogen-bond acceptors (Lipinski definition) is 6. The molecule has 132 valence electrons. The van der Waals surface area contributed by atoms with E-state index < -0.39 is 0 Å². The molecule has 0 radical (unpaired) electrons. The van der Waals surface area contributed by atoms with Gasteiger partial charge in [-0.2, -0.15) is 9.97 Å². The molecule has 0 spiro atoms. The number of hydrogen-bond donors (Lipinski definition) is 3. The smallest absolute Gasteiger partial charge is 0.226 e. The van der Waals surface area contributed by atoms with E-state index in [-0.39, 0.29) is 12.4 Å². The van der Waals surface area contributed by atoms with Crippen molar-refractivity contribution >= 4 is 22.9 Å². The molecule has 2 heterocycles. The largest absolute Gasteiger partial charge is 0.395 e. The van der Waals surface area contributed by atoms with Crippen molar-refractivity contribution in [2.45, 2.75) is 26.4 Å². The van der Waals surface area contributed by atoms with Gasteiger partial charge in [0.2, 0.25) is 5.95 Å². The first-order chi connectivity index (χ1) is 12.2. The van der Waals surface area contributed by atoms with Crippen LogP contribution in [0.2, 0.25) is 0 Å². The number of imidazole rings is 1. The summed E-state index contributed by atoms with van der Waals surface area (Å²) >= 11 is 0. The number of aliphatic hydroxyl groups is 1. The molecule has 8 heteroatoms. The quantitative estimate of drug-likeness (QED) is 0.582. The van der Waals surface area contributed by atoms with Crippen LogP contribution in [0.4, 0.5) is 16.2 Å². The first-order valence-electron chi connectivity index (χ1n) is 8.27. The van der Waals surface area contributed by atoms with Crippen molar-refractivity contribution in [3.63, 3.8) is 0 Å². The van der Waals surface area contributed by atoms with E-state index in [1.54, 1.807) is 12.4 Å². The van der Waals surface area contributed by atoms with Gasteiger partial charge in [-0.1, -0.05) is 19.1 Å². The van der Waals surface area contributed by atoms with E-state index in [9.17, 15) is 4.39 Å². The Balaban J connectivity index is 1.91. The molecule has 3 N–H and O–H groups in total. The number of halogens is 1. The Hall–Kier alpha value is -2.74. The normalized spacial score (nSPS) is 11.0. The molecular weight excluding hydrogens is 323 g/mol. The maximum atomic E-state index is 13.3. The van der Waals surface area contributed by atoms with Crippen LogP contribution < -0.4 is 10.6 Å². The number of nitrogens with one attached hydrogen (secondary N) is 2. The third kappa shape index (κ3) is 4.03. The first kappa shape index (κ1) is 17.1. The Labute approximate surface area is 144 Å². The summed E-state index contributed by atoms with van der Waals surface area (Å²) in [7, 11) is 0. The monoisotopic (exact) mass is 344 g/mol. The second-order valence-electron chi connectivity index (χ2n) is 5.64. The van der Waals surface area contributed by atoms with Gasteiger partial charge in [-0.05, 0) is 24.1 Å². The molecule has 0 bridgehead atoms. The molecule has 2 aromatic heterocycles. The number of benzene rings is 1. The summed E-state index contributed by atoms with van der Waals surface area (Å²) in [4.78, 5) is 13.3. The van der Waals surface area contributed by atoms with Gasteiger partial charge in [0.15, 0.2) is 17.0 Å².